The van der Waals surface area contributed by atoms with Gasteiger partial charge in [0.05, 0.1) is 17.9 Å². The predicted octanol–water partition coefficient (Wildman–Crippen LogP) is 3.02. The average Bonchev–Trinajstić information content (AvgIpc) is 2.35. The molecule has 2 N–H and O–H groups in total. The van der Waals surface area contributed by atoms with Gasteiger partial charge in [0.15, 0.2) is 0 Å². The number of hydrogen-bond donors (Lipinski definition) is 2. The first kappa shape index (κ1) is 14.9. The number of carbonyl (C=O) groups is 2. The summed E-state index contributed by atoms with van der Waals surface area (Å²) in [5.74, 6) is -1.96. The highest BCUT2D eigenvalue weighted by Crippen LogP contribution is 2.35. The van der Waals surface area contributed by atoms with E-state index in [1.165, 1.54) is 0 Å². The lowest BCUT2D eigenvalue weighted by Crippen LogP contribution is -2.45. The van der Waals surface area contributed by atoms with Gasteiger partial charge in [-0.2, -0.15) is 0 Å². The number of rotatable bonds is 5. The van der Waals surface area contributed by atoms with Crippen LogP contribution in [0.4, 0.5) is 0 Å². The highest BCUT2D eigenvalue weighted by Gasteiger charge is 2.41. The van der Waals surface area contributed by atoms with Gasteiger partial charge in [0.25, 0.3) is 0 Å². The quantitative estimate of drug-likeness (QED) is 0.877. The Labute approximate surface area is 123 Å². The highest BCUT2D eigenvalue weighted by molar-refractivity contribution is 6.30. The molecule has 1 amide bonds. The zero-order valence-electron chi connectivity index (χ0n) is 11.3. The van der Waals surface area contributed by atoms with Gasteiger partial charge in [0.1, 0.15) is 0 Å². The average molecular weight is 296 g/mol. The lowest BCUT2D eigenvalue weighted by atomic mass is 9.73. The summed E-state index contributed by atoms with van der Waals surface area (Å²) in [6.45, 7) is 1.98. The second-order valence-corrected chi connectivity index (χ2v) is 5.59. The van der Waals surface area contributed by atoms with E-state index in [0.717, 1.165) is 12.0 Å². The summed E-state index contributed by atoms with van der Waals surface area (Å²) in [6.07, 6.45) is 1.99. The van der Waals surface area contributed by atoms with Crippen molar-refractivity contribution in [3.05, 3.63) is 34.9 Å². The maximum absolute atomic E-state index is 12.1. The Morgan fingerprint density at radius 2 is 1.90 bits per heavy atom. The molecule has 108 valence electrons. The lowest BCUT2D eigenvalue weighted by molar-refractivity contribution is -0.153. The minimum atomic E-state index is -0.879. The first-order valence-electron chi connectivity index (χ1n) is 6.81. The SMILES string of the molecule is CCC(NC(=O)C1CCC1C(=O)O)c1ccc(Cl)cc1. The van der Waals surface area contributed by atoms with Crippen LogP contribution in [0.25, 0.3) is 0 Å². The van der Waals surface area contributed by atoms with E-state index < -0.39 is 17.8 Å². The molecule has 20 heavy (non-hydrogen) atoms. The second-order valence-electron chi connectivity index (χ2n) is 5.15. The zero-order chi connectivity index (χ0) is 14.7. The van der Waals surface area contributed by atoms with Gasteiger partial charge in [-0.25, -0.2) is 0 Å². The van der Waals surface area contributed by atoms with Crippen molar-refractivity contribution >= 4 is 23.5 Å². The maximum Gasteiger partial charge on any atom is 0.307 e. The van der Waals surface area contributed by atoms with Gasteiger partial charge in [-0.3, -0.25) is 9.59 Å². The molecule has 1 saturated carbocycles. The molecule has 1 fully saturated rings. The molecule has 0 aromatic heterocycles. The molecule has 3 unspecified atom stereocenters. The van der Waals surface area contributed by atoms with Gasteiger partial charge in [-0.1, -0.05) is 30.7 Å². The number of carboxylic acids is 1. The first-order valence-corrected chi connectivity index (χ1v) is 7.19. The molecule has 1 aromatic rings. The van der Waals surface area contributed by atoms with Gasteiger partial charge in [0.2, 0.25) is 5.91 Å². The maximum atomic E-state index is 12.1. The molecule has 0 bridgehead atoms. The summed E-state index contributed by atoms with van der Waals surface area (Å²) in [6, 6.07) is 7.23. The Bertz CT molecular complexity index is 500. The molecule has 1 aromatic carbocycles. The summed E-state index contributed by atoms with van der Waals surface area (Å²) in [5, 5.41) is 12.6. The molecule has 0 spiro atoms. The predicted molar refractivity (Wildman–Crippen MR) is 76.5 cm³/mol. The number of benzene rings is 1. The van der Waals surface area contributed by atoms with E-state index >= 15 is 0 Å². The monoisotopic (exact) mass is 295 g/mol. The van der Waals surface area contributed by atoms with Crippen LogP contribution < -0.4 is 5.32 Å². The number of carbonyl (C=O) groups excluding carboxylic acids is 1. The van der Waals surface area contributed by atoms with Crippen LogP contribution in [0.3, 0.4) is 0 Å². The van der Waals surface area contributed by atoms with Crippen LogP contribution in [0.5, 0.6) is 0 Å². The fourth-order valence-electron chi connectivity index (χ4n) is 2.50. The van der Waals surface area contributed by atoms with Crippen LogP contribution in [-0.4, -0.2) is 17.0 Å². The summed E-state index contributed by atoms with van der Waals surface area (Å²) >= 11 is 5.85. The number of halogens is 1. The molecule has 0 radical (unpaired) electrons. The van der Waals surface area contributed by atoms with Crippen molar-refractivity contribution in [2.45, 2.75) is 32.2 Å². The fourth-order valence-corrected chi connectivity index (χ4v) is 2.63. The van der Waals surface area contributed by atoms with Crippen molar-refractivity contribution in [1.29, 1.82) is 0 Å². The van der Waals surface area contributed by atoms with Gasteiger partial charge >= 0.3 is 5.97 Å². The van der Waals surface area contributed by atoms with E-state index in [1.807, 2.05) is 19.1 Å². The number of nitrogens with one attached hydrogen (secondary N) is 1. The summed E-state index contributed by atoms with van der Waals surface area (Å²) in [4.78, 5) is 23.1. The lowest BCUT2D eigenvalue weighted by Gasteiger charge is -2.33. The topological polar surface area (TPSA) is 66.4 Å². The van der Waals surface area contributed by atoms with Gasteiger partial charge in [-0.15, -0.1) is 0 Å². The Morgan fingerprint density at radius 3 is 2.35 bits per heavy atom. The minimum Gasteiger partial charge on any atom is -0.481 e. The normalized spacial score (nSPS) is 22.7. The number of hydrogen-bond acceptors (Lipinski definition) is 2. The number of amides is 1. The molecule has 1 aliphatic carbocycles. The summed E-state index contributed by atoms with van der Waals surface area (Å²) in [5.41, 5.74) is 0.983. The van der Waals surface area contributed by atoms with Crippen LogP contribution >= 0.6 is 11.6 Å². The van der Waals surface area contributed by atoms with E-state index in [0.29, 0.717) is 17.9 Å². The summed E-state index contributed by atoms with van der Waals surface area (Å²) in [7, 11) is 0. The highest BCUT2D eigenvalue weighted by atomic mass is 35.5. The third-order valence-corrected chi connectivity index (χ3v) is 4.18. The molecule has 0 saturated heterocycles. The minimum absolute atomic E-state index is 0.102. The Morgan fingerprint density at radius 1 is 1.30 bits per heavy atom. The van der Waals surface area contributed by atoms with E-state index in [1.54, 1.807) is 12.1 Å². The van der Waals surface area contributed by atoms with Crippen molar-refractivity contribution in [3.8, 4) is 0 Å². The van der Waals surface area contributed by atoms with Gasteiger partial charge in [-0.05, 0) is 37.0 Å². The third-order valence-electron chi connectivity index (χ3n) is 3.93. The van der Waals surface area contributed by atoms with Crippen LogP contribution in [0.2, 0.25) is 5.02 Å². The number of aliphatic carboxylic acids is 1. The van der Waals surface area contributed by atoms with E-state index in [4.69, 9.17) is 16.7 Å². The van der Waals surface area contributed by atoms with Gasteiger partial charge < -0.3 is 10.4 Å². The second kappa shape index (κ2) is 6.27. The first-order chi connectivity index (χ1) is 9.52. The van der Waals surface area contributed by atoms with E-state index in [2.05, 4.69) is 5.32 Å². The smallest absolute Gasteiger partial charge is 0.307 e. The Kier molecular flexibility index (Phi) is 4.65. The van der Waals surface area contributed by atoms with Crippen LogP contribution in [0, 0.1) is 11.8 Å². The third kappa shape index (κ3) is 3.12. The molecular formula is C15H18ClNO3. The van der Waals surface area contributed by atoms with Crippen molar-refractivity contribution < 1.29 is 14.7 Å². The molecule has 5 heteroatoms. The van der Waals surface area contributed by atoms with E-state index in [9.17, 15) is 9.59 Å². The van der Waals surface area contributed by atoms with Crippen LogP contribution in [0.1, 0.15) is 37.8 Å². The molecule has 2 rings (SSSR count). The molecule has 0 aliphatic heterocycles. The largest absolute Gasteiger partial charge is 0.481 e. The number of carboxylic acid groups (broad SMARTS) is 1. The Hall–Kier alpha value is -1.55. The fraction of sp³-hybridized carbons (Fsp3) is 0.467. The zero-order valence-corrected chi connectivity index (χ0v) is 12.1. The molecule has 3 atom stereocenters. The molecular weight excluding hydrogens is 278 g/mol. The van der Waals surface area contributed by atoms with Crippen LogP contribution in [0.15, 0.2) is 24.3 Å². The molecule has 1 aliphatic rings. The van der Waals surface area contributed by atoms with Crippen LogP contribution in [-0.2, 0) is 9.59 Å². The standard InChI is InChI=1S/C15H18ClNO3/c1-2-13(9-3-5-10(16)6-4-9)17-14(18)11-7-8-12(11)15(19)20/h3-6,11-13H,2,7-8H2,1H3,(H,17,18)(H,19,20). The van der Waals surface area contributed by atoms with Crippen molar-refractivity contribution in [2.24, 2.45) is 11.8 Å². The van der Waals surface area contributed by atoms with Crippen molar-refractivity contribution in [1.82, 2.24) is 5.32 Å². The summed E-state index contributed by atoms with van der Waals surface area (Å²) < 4.78 is 0. The van der Waals surface area contributed by atoms with E-state index in [-0.39, 0.29) is 11.9 Å². The Balaban J connectivity index is 2.01. The van der Waals surface area contributed by atoms with Gasteiger partial charge in [0, 0.05) is 5.02 Å². The molecule has 4 nitrogen and oxygen atoms in total. The molecule has 0 heterocycles. The van der Waals surface area contributed by atoms with Crippen molar-refractivity contribution in [2.75, 3.05) is 0 Å². The van der Waals surface area contributed by atoms with Crippen molar-refractivity contribution in [3.63, 3.8) is 0 Å².